The molecule has 0 saturated carbocycles. The van der Waals surface area contributed by atoms with Crippen LogP contribution in [0.25, 0.3) is 5.82 Å². The average molecular weight is 352 g/mol. The average Bonchev–Trinajstić information content (AvgIpc) is 2.98. The van der Waals surface area contributed by atoms with Crippen LogP contribution < -0.4 is 5.32 Å². The number of pyridine rings is 1. The number of rotatable bonds is 5. The van der Waals surface area contributed by atoms with E-state index < -0.39 is 0 Å². The minimum Gasteiger partial charge on any atom is -0.348 e. The highest BCUT2D eigenvalue weighted by Gasteiger charge is 2.07. The molecule has 0 atom stereocenters. The Balaban J connectivity index is 1.63. The van der Waals surface area contributed by atoms with Gasteiger partial charge in [0.1, 0.15) is 0 Å². The second-order valence-corrected chi connectivity index (χ2v) is 6.65. The van der Waals surface area contributed by atoms with Gasteiger partial charge in [0.15, 0.2) is 5.82 Å². The molecule has 2 heterocycles. The first-order valence-corrected chi connectivity index (χ1v) is 9.20. The molecule has 0 aliphatic rings. The maximum absolute atomic E-state index is 12.2. The molecule has 1 amide bonds. The summed E-state index contributed by atoms with van der Waals surface area (Å²) >= 11 is 1.65. The molecule has 3 rings (SSSR count). The molecule has 2 aromatic heterocycles. The van der Waals surface area contributed by atoms with Gasteiger partial charge in [-0.3, -0.25) is 4.79 Å². The second-order valence-electron chi connectivity index (χ2n) is 5.77. The van der Waals surface area contributed by atoms with Gasteiger partial charge in [-0.2, -0.15) is 5.10 Å². The van der Waals surface area contributed by atoms with Crippen molar-refractivity contribution in [2.45, 2.75) is 25.3 Å². The molecule has 0 aliphatic heterocycles. The van der Waals surface area contributed by atoms with Crippen LogP contribution in [-0.2, 0) is 6.54 Å². The number of amides is 1. The maximum Gasteiger partial charge on any atom is 0.251 e. The number of hydrogen-bond acceptors (Lipinski definition) is 4. The molecule has 0 saturated heterocycles. The SMILES string of the molecule is CSc1ccc(C(=O)NCc2ccc(-n3nc(C)cc3C)nc2)cc1. The van der Waals surface area contributed by atoms with Crippen molar-refractivity contribution in [1.29, 1.82) is 0 Å². The quantitative estimate of drug-likeness (QED) is 0.714. The van der Waals surface area contributed by atoms with Crippen LogP contribution in [0, 0.1) is 13.8 Å². The number of nitrogens with zero attached hydrogens (tertiary/aromatic N) is 3. The number of thioether (sulfide) groups is 1. The molecule has 128 valence electrons. The fourth-order valence-electron chi connectivity index (χ4n) is 2.53. The first-order valence-electron chi connectivity index (χ1n) is 7.97. The standard InChI is InChI=1S/C19H20N4OS/c1-13-10-14(2)23(22-13)18-9-4-15(11-20-18)12-21-19(24)16-5-7-17(25-3)8-6-16/h4-11H,12H2,1-3H3,(H,21,24). The third-order valence-corrected chi connectivity index (χ3v) is 4.58. The van der Waals surface area contributed by atoms with E-state index in [1.54, 1.807) is 18.0 Å². The highest BCUT2D eigenvalue weighted by Crippen LogP contribution is 2.15. The van der Waals surface area contributed by atoms with E-state index in [0.717, 1.165) is 27.7 Å². The Morgan fingerprint density at radius 1 is 1.16 bits per heavy atom. The van der Waals surface area contributed by atoms with Crippen molar-refractivity contribution < 1.29 is 4.79 Å². The molecular formula is C19H20N4OS. The van der Waals surface area contributed by atoms with Crippen LogP contribution in [0.5, 0.6) is 0 Å². The summed E-state index contributed by atoms with van der Waals surface area (Å²) < 4.78 is 1.81. The topological polar surface area (TPSA) is 59.8 Å². The zero-order valence-electron chi connectivity index (χ0n) is 14.5. The number of carbonyl (C=O) groups is 1. The molecule has 0 unspecified atom stereocenters. The Morgan fingerprint density at radius 2 is 1.92 bits per heavy atom. The molecule has 0 bridgehead atoms. The van der Waals surface area contributed by atoms with Crippen molar-refractivity contribution in [2.75, 3.05) is 6.26 Å². The van der Waals surface area contributed by atoms with Gasteiger partial charge in [0.25, 0.3) is 5.91 Å². The van der Waals surface area contributed by atoms with Crippen molar-refractivity contribution in [3.63, 3.8) is 0 Å². The summed E-state index contributed by atoms with van der Waals surface area (Å²) in [6.07, 6.45) is 3.78. The van der Waals surface area contributed by atoms with E-state index >= 15 is 0 Å². The molecule has 0 radical (unpaired) electrons. The van der Waals surface area contributed by atoms with E-state index in [1.807, 2.05) is 67.2 Å². The Morgan fingerprint density at radius 3 is 2.48 bits per heavy atom. The predicted octanol–water partition coefficient (Wildman–Crippen LogP) is 3.54. The second kappa shape index (κ2) is 7.53. The predicted molar refractivity (Wildman–Crippen MR) is 100 cm³/mol. The number of benzene rings is 1. The largest absolute Gasteiger partial charge is 0.348 e. The normalized spacial score (nSPS) is 10.7. The fraction of sp³-hybridized carbons (Fsp3) is 0.211. The van der Waals surface area contributed by atoms with Crippen LogP contribution in [-0.4, -0.2) is 26.9 Å². The van der Waals surface area contributed by atoms with Crippen molar-refractivity contribution in [3.8, 4) is 5.82 Å². The van der Waals surface area contributed by atoms with Gasteiger partial charge in [-0.15, -0.1) is 11.8 Å². The number of nitrogens with one attached hydrogen (secondary N) is 1. The zero-order chi connectivity index (χ0) is 17.8. The fourth-order valence-corrected chi connectivity index (χ4v) is 2.94. The molecule has 0 aliphatic carbocycles. The van der Waals surface area contributed by atoms with E-state index in [1.165, 1.54) is 0 Å². The number of hydrogen-bond donors (Lipinski definition) is 1. The van der Waals surface area contributed by atoms with Crippen LogP contribution in [0.1, 0.15) is 27.3 Å². The number of carbonyl (C=O) groups excluding carboxylic acids is 1. The van der Waals surface area contributed by atoms with Gasteiger partial charge in [-0.1, -0.05) is 6.07 Å². The molecule has 0 spiro atoms. The summed E-state index contributed by atoms with van der Waals surface area (Å²) in [4.78, 5) is 17.8. The zero-order valence-corrected chi connectivity index (χ0v) is 15.3. The van der Waals surface area contributed by atoms with Crippen molar-refractivity contribution in [1.82, 2.24) is 20.1 Å². The first-order chi connectivity index (χ1) is 12.1. The van der Waals surface area contributed by atoms with Crippen LogP contribution in [0.4, 0.5) is 0 Å². The highest BCUT2D eigenvalue weighted by molar-refractivity contribution is 7.98. The van der Waals surface area contributed by atoms with Crippen LogP contribution in [0.15, 0.2) is 53.6 Å². The van der Waals surface area contributed by atoms with Crippen molar-refractivity contribution in [2.24, 2.45) is 0 Å². The van der Waals surface area contributed by atoms with Crippen LogP contribution in [0.2, 0.25) is 0 Å². The molecule has 0 fully saturated rings. The van der Waals surface area contributed by atoms with Gasteiger partial charge in [-0.25, -0.2) is 9.67 Å². The Kier molecular flexibility index (Phi) is 5.19. The summed E-state index contributed by atoms with van der Waals surface area (Å²) in [5, 5.41) is 7.34. The van der Waals surface area contributed by atoms with Gasteiger partial charge < -0.3 is 5.32 Å². The molecule has 1 aromatic carbocycles. The van der Waals surface area contributed by atoms with E-state index in [2.05, 4.69) is 15.4 Å². The van der Waals surface area contributed by atoms with Crippen molar-refractivity contribution in [3.05, 3.63) is 71.2 Å². The highest BCUT2D eigenvalue weighted by atomic mass is 32.2. The van der Waals surface area contributed by atoms with Crippen LogP contribution >= 0.6 is 11.8 Å². The number of aromatic nitrogens is 3. The molecular weight excluding hydrogens is 332 g/mol. The molecule has 3 aromatic rings. The van der Waals surface area contributed by atoms with Crippen molar-refractivity contribution >= 4 is 17.7 Å². The Hall–Kier alpha value is -2.60. The Labute approximate surface area is 151 Å². The van der Waals surface area contributed by atoms with E-state index in [9.17, 15) is 4.79 Å². The monoisotopic (exact) mass is 352 g/mol. The summed E-state index contributed by atoms with van der Waals surface area (Å²) in [5.41, 5.74) is 3.60. The van der Waals surface area contributed by atoms with Gasteiger partial charge in [-0.05, 0) is 62.1 Å². The van der Waals surface area contributed by atoms with Gasteiger partial charge >= 0.3 is 0 Å². The molecule has 5 nitrogen and oxygen atoms in total. The van der Waals surface area contributed by atoms with Gasteiger partial charge in [0.05, 0.1) is 5.69 Å². The van der Waals surface area contributed by atoms with E-state index in [4.69, 9.17) is 0 Å². The van der Waals surface area contributed by atoms with E-state index in [0.29, 0.717) is 12.1 Å². The van der Waals surface area contributed by atoms with E-state index in [-0.39, 0.29) is 5.91 Å². The summed E-state index contributed by atoms with van der Waals surface area (Å²) in [7, 11) is 0. The third kappa shape index (κ3) is 4.09. The molecule has 6 heteroatoms. The van der Waals surface area contributed by atoms with Crippen LogP contribution in [0.3, 0.4) is 0 Å². The molecule has 1 N–H and O–H groups in total. The number of aryl methyl sites for hydroxylation is 2. The maximum atomic E-state index is 12.2. The lowest BCUT2D eigenvalue weighted by Gasteiger charge is -2.07. The summed E-state index contributed by atoms with van der Waals surface area (Å²) in [6.45, 7) is 4.39. The minimum absolute atomic E-state index is 0.0877. The van der Waals surface area contributed by atoms with Gasteiger partial charge in [0, 0.05) is 28.9 Å². The summed E-state index contributed by atoms with van der Waals surface area (Å²) in [5.74, 6) is 0.684. The lowest BCUT2D eigenvalue weighted by molar-refractivity contribution is 0.0951. The van der Waals surface area contributed by atoms with Gasteiger partial charge in [0.2, 0.25) is 0 Å². The molecule has 25 heavy (non-hydrogen) atoms. The Bertz CT molecular complexity index is 869. The minimum atomic E-state index is -0.0877. The summed E-state index contributed by atoms with van der Waals surface area (Å²) in [6, 6.07) is 13.5. The first kappa shape index (κ1) is 17.2. The lowest BCUT2D eigenvalue weighted by Crippen LogP contribution is -2.22. The smallest absolute Gasteiger partial charge is 0.251 e. The lowest BCUT2D eigenvalue weighted by atomic mass is 10.2. The third-order valence-electron chi connectivity index (χ3n) is 3.84.